The summed E-state index contributed by atoms with van der Waals surface area (Å²) in [5, 5.41) is 6.02. The molecule has 0 aliphatic rings. The van der Waals surface area contributed by atoms with Gasteiger partial charge in [-0.05, 0) is 33.0 Å². The van der Waals surface area contributed by atoms with Crippen LogP contribution in [0, 0.1) is 0 Å². The highest BCUT2D eigenvalue weighted by Crippen LogP contribution is 2.01. The second-order valence-corrected chi connectivity index (χ2v) is 4.18. The van der Waals surface area contributed by atoms with Crippen LogP contribution in [0.5, 0.6) is 0 Å². The van der Waals surface area contributed by atoms with Gasteiger partial charge in [-0.25, -0.2) is 0 Å². The standard InChI is InChI=1S/C12H18N2O/c1-12(2,13-3)9-14-11(15)10-7-5-4-6-8-10/h4-8,13H,9H2,1-3H3,(H,14,15). The third-order valence-corrected chi connectivity index (χ3v) is 2.40. The largest absolute Gasteiger partial charge is 0.350 e. The summed E-state index contributed by atoms with van der Waals surface area (Å²) in [4.78, 5) is 11.7. The SMILES string of the molecule is CNC(C)(C)CNC(=O)c1ccccc1. The van der Waals surface area contributed by atoms with Gasteiger partial charge in [-0.3, -0.25) is 4.79 Å². The maximum Gasteiger partial charge on any atom is 0.251 e. The lowest BCUT2D eigenvalue weighted by Gasteiger charge is -2.24. The van der Waals surface area contributed by atoms with Crippen molar-refractivity contribution < 1.29 is 4.79 Å². The second-order valence-electron chi connectivity index (χ2n) is 4.18. The lowest BCUT2D eigenvalue weighted by atomic mass is 10.1. The average Bonchev–Trinajstić information content (AvgIpc) is 2.27. The van der Waals surface area contributed by atoms with Gasteiger partial charge in [0.1, 0.15) is 0 Å². The van der Waals surface area contributed by atoms with Crippen LogP contribution in [0.4, 0.5) is 0 Å². The molecule has 1 aromatic carbocycles. The summed E-state index contributed by atoms with van der Waals surface area (Å²) in [6.07, 6.45) is 0. The van der Waals surface area contributed by atoms with Gasteiger partial charge >= 0.3 is 0 Å². The van der Waals surface area contributed by atoms with E-state index in [0.29, 0.717) is 12.1 Å². The zero-order valence-corrected chi connectivity index (χ0v) is 9.50. The number of likely N-dealkylation sites (N-methyl/N-ethyl adjacent to an activating group) is 1. The Labute approximate surface area is 90.9 Å². The van der Waals surface area contributed by atoms with Crippen LogP contribution in [0.15, 0.2) is 30.3 Å². The normalized spacial score (nSPS) is 11.1. The maximum absolute atomic E-state index is 11.7. The molecule has 15 heavy (non-hydrogen) atoms. The molecule has 0 bridgehead atoms. The smallest absolute Gasteiger partial charge is 0.251 e. The fraction of sp³-hybridized carbons (Fsp3) is 0.417. The molecule has 1 rings (SSSR count). The predicted molar refractivity (Wildman–Crippen MR) is 61.9 cm³/mol. The molecule has 0 saturated carbocycles. The van der Waals surface area contributed by atoms with Gasteiger partial charge in [-0.15, -0.1) is 0 Å². The van der Waals surface area contributed by atoms with Gasteiger partial charge in [-0.1, -0.05) is 18.2 Å². The number of hydrogen-bond donors (Lipinski definition) is 2. The van der Waals surface area contributed by atoms with Gasteiger partial charge < -0.3 is 10.6 Å². The molecule has 0 fully saturated rings. The zero-order valence-electron chi connectivity index (χ0n) is 9.50. The molecule has 2 N–H and O–H groups in total. The minimum absolute atomic E-state index is 0.0288. The summed E-state index contributed by atoms with van der Waals surface area (Å²) in [6, 6.07) is 9.23. The van der Waals surface area contributed by atoms with E-state index in [0.717, 1.165) is 0 Å². The summed E-state index contributed by atoms with van der Waals surface area (Å²) in [6.45, 7) is 4.69. The minimum Gasteiger partial charge on any atom is -0.350 e. The van der Waals surface area contributed by atoms with Gasteiger partial charge in [0.15, 0.2) is 0 Å². The number of nitrogens with one attached hydrogen (secondary N) is 2. The van der Waals surface area contributed by atoms with Gasteiger partial charge in [-0.2, -0.15) is 0 Å². The van der Waals surface area contributed by atoms with Crippen LogP contribution >= 0.6 is 0 Å². The van der Waals surface area contributed by atoms with Crippen molar-refractivity contribution in [3.63, 3.8) is 0 Å². The lowest BCUT2D eigenvalue weighted by Crippen LogP contribution is -2.47. The van der Waals surface area contributed by atoms with Crippen molar-refractivity contribution in [2.24, 2.45) is 0 Å². The predicted octanol–water partition coefficient (Wildman–Crippen LogP) is 1.41. The maximum atomic E-state index is 11.7. The molecule has 0 saturated heterocycles. The van der Waals surface area contributed by atoms with E-state index >= 15 is 0 Å². The number of carbonyl (C=O) groups excluding carboxylic acids is 1. The van der Waals surface area contributed by atoms with E-state index in [4.69, 9.17) is 0 Å². The van der Waals surface area contributed by atoms with Crippen LogP contribution in [-0.2, 0) is 0 Å². The van der Waals surface area contributed by atoms with E-state index in [-0.39, 0.29) is 11.4 Å². The molecule has 0 radical (unpaired) electrons. The molecule has 0 unspecified atom stereocenters. The van der Waals surface area contributed by atoms with Crippen LogP contribution in [0.25, 0.3) is 0 Å². The Morgan fingerprint density at radius 2 is 1.87 bits per heavy atom. The lowest BCUT2D eigenvalue weighted by molar-refractivity contribution is 0.0943. The summed E-state index contributed by atoms with van der Waals surface area (Å²) in [5.74, 6) is -0.0288. The Balaban J connectivity index is 2.51. The van der Waals surface area contributed by atoms with Crippen molar-refractivity contribution in [3.05, 3.63) is 35.9 Å². The van der Waals surface area contributed by atoms with Crippen LogP contribution in [0.1, 0.15) is 24.2 Å². The summed E-state index contributed by atoms with van der Waals surface area (Å²) < 4.78 is 0. The van der Waals surface area contributed by atoms with Crippen molar-refractivity contribution in [1.29, 1.82) is 0 Å². The highest BCUT2D eigenvalue weighted by Gasteiger charge is 2.15. The molecule has 82 valence electrons. The number of carbonyl (C=O) groups is 1. The molecule has 0 aliphatic heterocycles. The van der Waals surface area contributed by atoms with E-state index in [2.05, 4.69) is 10.6 Å². The topological polar surface area (TPSA) is 41.1 Å². The first kappa shape index (κ1) is 11.7. The molecule has 0 aliphatic carbocycles. The molecule has 3 heteroatoms. The molecule has 1 aromatic rings. The molecule has 0 atom stereocenters. The van der Waals surface area contributed by atoms with Crippen LogP contribution < -0.4 is 10.6 Å². The second kappa shape index (κ2) is 4.94. The Bertz CT molecular complexity index is 320. The molecule has 3 nitrogen and oxygen atoms in total. The van der Waals surface area contributed by atoms with E-state index < -0.39 is 0 Å². The highest BCUT2D eigenvalue weighted by atomic mass is 16.1. The Kier molecular flexibility index (Phi) is 3.86. The molecular weight excluding hydrogens is 188 g/mol. The molecular formula is C12H18N2O. The summed E-state index contributed by atoms with van der Waals surface area (Å²) in [7, 11) is 1.88. The van der Waals surface area contributed by atoms with Gasteiger partial charge in [0.2, 0.25) is 0 Å². The number of rotatable bonds is 4. The number of benzene rings is 1. The monoisotopic (exact) mass is 206 g/mol. The molecule has 0 spiro atoms. The van der Waals surface area contributed by atoms with Crippen LogP contribution in [-0.4, -0.2) is 25.0 Å². The van der Waals surface area contributed by atoms with Gasteiger partial charge in [0, 0.05) is 17.6 Å². The summed E-state index contributed by atoms with van der Waals surface area (Å²) in [5.41, 5.74) is 0.620. The number of amides is 1. The third kappa shape index (κ3) is 3.72. The fourth-order valence-corrected chi connectivity index (χ4v) is 1.08. The molecule has 0 aromatic heterocycles. The van der Waals surface area contributed by atoms with Crippen molar-refractivity contribution in [1.82, 2.24) is 10.6 Å². The number of hydrogen-bond acceptors (Lipinski definition) is 2. The minimum atomic E-state index is -0.0789. The highest BCUT2D eigenvalue weighted by molar-refractivity contribution is 5.94. The first-order valence-electron chi connectivity index (χ1n) is 5.07. The first-order chi connectivity index (χ1) is 7.05. The average molecular weight is 206 g/mol. The van der Waals surface area contributed by atoms with Gasteiger partial charge in [0.05, 0.1) is 0 Å². The summed E-state index contributed by atoms with van der Waals surface area (Å²) >= 11 is 0. The van der Waals surface area contributed by atoms with Crippen LogP contribution in [0.3, 0.4) is 0 Å². The van der Waals surface area contributed by atoms with Crippen molar-refractivity contribution in [2.75, 3.05) is 13.6 Å². The Morgan fingerprint density at radius 1 is 1.27 bits per heavy atom. The zero-order chi connectivity index (χ0) is 11.3. The van der Waals surface area contributed by atoms with Crippen molar-refractivity contribution >= 4 is 5.91 Å². The quantitative estimate of drug-likeness (QED) is 0.782. The van der Waals surface area contributed by atoms with Crippen molar-refractivity contribution in [3.8, 4) is 0 Å². The Hall–Kier alpha value is -1.35. The Morgan fingerprint density at radius 3 is 2.40 bits per heavy atom. The van der Waals surface area contributed by atoms with Gasteiger partial charge in [0.25, 0.3) is 5.91 Å². The van der Waals surface area contributed by atoms with E-state index in [9.17, 15) is 4.79 Å². The molecule has 1 amide bonds. The third-order valence-electron chi connectivity index (χ3n) is 2.40. The first-order valence-corrected chi connectivity index (χ1v) is 5.07. The van der Waals surface area contributed by atoms with Crippen molar-refractivity contribution in [2.45, 2.75) is 19.4 Å². The van der Waals surface area contributed by atoms with E-state index in [1.54, 1.807) is 0 Å². The fourth-order valence-electron chi connectivity index (χ4n) is 1.08. The van der Waals surface area contributed by atoms with Crippen LogP contribution in [0.2, 0.25) is 0 Å². The molecule has 0 heterocycles. The van der Waals surface area contributed by atoms with E-state index in [1.165, 1.54) is 0 Å². The van der Waals surface area contributed by atoms with E-state index in [1.807, 2.05) is 51.2 Å².